The number of nitrogens with one attached hydrogen (secondary N) is 1. The fraction of sp³-hybridized carbons (Fsp3) is 0.0952. The molecule has 0 saturated heterocycles. The van der Waals surface area contributed by atoms with E-state index in [0.29, 0.717) is 10.7 Å². The third kappa shape index (κ3) is 4.96. The Bertz CT molecular complexity index is 1020. The summed E-state index contributed by atoms with van der Waals surface area (Å²) in [6, 6.07) is 21.7. The highest BCUT2D eigenvalue weighted by Crippen LogP contribution is 2.24. The summed E-state index contributed by atoms with van der Waals surface area (Å²) in [6.07, 6.45) is 3.34. The summed E-state index contributed by atoms with van der Waals surface area (Å²) in [5.41, 5.74) is 2.29. The minimum absolute atomic E-state index is 0.00307. The van der Waals surface area contributed by atoms with Crippen molar-refractivity contribution in [2.45, 2.75) is 17.9 Å². The van der Waals surface area contributed by atoms with E-state index in [1.165, 1.54) is 12.3 Å². The molecule has 6 heteroatoms. The van der Waals surface area contributed by atoms with Gasteiger partial charge in [-0.2, -0.15) is 8.42 Å². The van der Waals surface area contributed by atoms with E-state index in [9.17, 15) is 8.42 Å². The van der Waals surface area contributed by atoms with Crippen LogP contribution in [0.25, 0.3) is 5.70 Å². The van der Waals surface area contributed by atoms with Crippen molar-refractivity contribution in [3.63, 3.8) is 0 Å². The van der Waals surface area contributed by atoms with E-state index in [1.807, 2.05) is 43.3 Å². The number of aromatic nitrogens is 1. The maximum Gasteiger partial charge on any atom is 0.279 e. The van der Waals surface area contributed by atoms with Crippen LogP contribution >= 0.6 is 11.6 Å². The number of allylic oxidation sites excluding steroid dienone is 1. The summed E-state index contributed by atoms with van der Waals surface area (Å²) in [6.45, 7) is 2.01. The Labute approximate surface area is 164 Å². The number of halogens is 1. The zero-order valence-electron chi connectivity index (χ0n) is 14.7. The summed E-state index contributed by atoms with van der Waals surface area (Å²) in [5, 5.41) is 0.555. The summed E-state index contributed by atoms with van der Waals surface area (Å²) < 4.78 is 28.2. The van der Waals surface area contributed by atoms with E-state index < -0.39 is 10.0 Å². The molecule has 0 unspecified atom stereocenters. The number of benzene rings is 2. The van der Waals surface area contributed by atoms with Crippen LogP contribution < -0.4 is 4.72 Å². The molecular formula is C21H19ClN2O2S. The second-order valence-electron chi connectivity index (χ2n) is 6.06. The van der Waals surface area contributed by atoms with E-state index in [0.717, 1.165) is 11.1 Å². The lowest BCUT2D eigenvalue weighted by Gasteiger charge is -2.15. The Morgan fingerprint density at radius 1 is 1.00 bits per heavy atom. The lowest BCUT2D eigenvalue weighted by Crippen LogP contribution is -2.23. The third-order valence-corrected chi connectivity index (χ3v) is 5.59. The van der Waals surface area contributed by atoms with Crippen molar-refractivity contribution in [3.8, 4) is 0 Å². The SMILES string of the molecule is C[C@H](/C=C(\NS(=O)(=O)c1ccccn1)c1ccc(Cl)cc1)c1ccccc1. The molecule has 1 atom stereocenters. The molecule has 2 aromatic carbocycles. The molecule has 27 heavy (non-hydrogen) atoms. The zero-order chi connectivity index (χ0) is 19.3. The predicted molar refractivity (Wildman–Crippen MR) is 109 cm³/mol. The molecule has 0 amide bonds. The van der Waals surface area contributed by atoms with E-state index in [-0.39, 0.29) is 10.9 Å². The Morgan fingerprint density at radius 2 is 1.67 bits per heavy atom. The van der Waals surface area contributed by atoms with E-state index in [4.69, 9.17) is 11.6 Å². The predicted octanol–water partition coefficient (Wildman–Crippen LogP) is 4.86. The normalized spacial score (nSPS) is 13.2. The van der Waals surface area contributed by atoms with Gasteiger partial charge in [0, 0.05) is 17.1 Å². The quantitative estimate of drug-likeness (QED) is 0.645. The molecule has 1 heterocycles. The topological polar surface area (TPSA) is 59.1 Å². The van der Waals surface area contributed by atoms with E-state index >= 15 is 0 Å². The number of rotatable bonds is 6. The Morgan fingerprint density at radius 3 is 2.30 bits per heavy atom. The fourth-order valence-corrected chi connectivity index (χ4v) is 3.79. The molecule has 0 aliphatic carbocycles. The summed E-state index contributed by atoms with van der Waals surface area (Å²) in [4.78, 5) is 3.95. The first kappa shape index (κ1) is 19.1. The highest BCUT2D eigenvalue weighted by molar-refractivity contribution is 7.89. The molecule has 0 spiro atoms. The molecule has 1 N–H and O–H groups in total. The van der Waals surface area contributed by atoms with Gasteiger partial charge in [-0.3, -0.25) is 4.72 Å². The zero-order valence-corrected chi connectivity index (χ0v) is 16.3. The van der Waals surface area contributed by atoms with Crippen LogP contribution in [-0.2, 0) is 10.0 Å². The smallest absolute Gasteiger partial charge is 0.278 e. The highest BCUT2D eigenvalue weighted by Gasteiger charge is 2.18. The van der Waals surface area contributed by atoms with Gasteiger partial charge in [0.15, 0.2) is 5.03 Å². The second-order valence-corrected chi connectivity index (χ2v) is 8.13. The van der Waals surface area contributed by atoms with Gasteiger partial charge in [0.2, 0.25) is 0 Å². The third-order valence-electron chi connectivity index (χ3n) is 4.05. The molecular weight excluding hydrogens is 380 g/mol. The van der Waals surface area contributed by atoms with Gasteiger partial charge in [-0.25, -0.2) is 4.98 Å². The first-order valence-electron chi connectivity index (χ1n) is 8.42. The van der Waals surface area contributed by atoms with Crippen molar-refractivity contribution in [1.29, 1.82) is 0 Å². The largest absolute Gasteiger partial charge is 0.279 e. The van der Waals surface area contributed by atoms with Crippen molar-refractivity contribution in [1.82, 2.24) is 9.71 Å². The minimum atomic E-state index is -3.81. The van der Waals surface area contributed by atoms with Gasteiger partial charge in [-0.05, 0) is 35.4 Å². The van der Waals surface area contributed by atoms with Gasteiger partial charge in [-0.15, -0.1) is 0 Å². The number of nitrogens with zero attached hydrogens (tertiary/aromatic N) is 1. The Kier molecular flexibility index (Phi) is 5.94. The van der Waals surface area contributed by atoms with Gasteiger partial charge < -0.3 is 0 Å². The molecule has 3 aromatic rings. The van der Waals surface area contributed by atoms with Crippen molar-refractivity contribution >= 4 is 27.3 Å². The molecule has 4 nitrogen and oxygen atoms in total. The molecule has 0 bridgehead atoms. The van der Waals surface area contributed by atoms with Crippen molar-refractivity contribution < 1.29 is 8.42 Å². The molecule has 0 fully saturated rings. The van der Waals surface area contributed by atoms with Crippen molar-refractivity contribution in [3.05, 3.63) is 101 Å². The van der Waals surface area contributed by atoms with E-state index in [1.54, 1.807) is 36.4 Å². The molecule has 3 rings (SSSR count). The first-order chi connectivity index (χ1) is 13.0. The van der Waals surface area contributed by atoms with Gasteiger partial charge in [-0.1, -0.05) is 73.1 Å². The van der Waals surface area contributed by atoms with Crippen molar-refractivity contribution in [2.75, 3.05) is 0 Å². The number of sulfonamides is 1. The first-order valence-corrected chi connectivity index (χ1v) is 10.3. The van der Waals surface area contributed by atoms with Crippen LogP contribution in [0.2, 0.25) is 5.02 Å². The number of hydrogen-bond donors (Lipinski definition) is 1. The average Bonchev–Trinajstić information content (AvgIpc) is 2.69. The van der Waals surface area contributed by atoms with Crippen LogP contribution in [0.15, 0.2) is 90.1 Å². The average molecular weight is 399 g/mol. The Hall–Kier alpha value is -2.63. The molecule has 0 saturated carbocycles. The molecule has 0 aliphatic heterocycles. The summed E-state index contributed by atoms with van der Waals surface area (Å²) >= 11 is 5.98. The van der Waals surface area contributed by atoms with Crippen LogP contribution in [0.4, 0.5) is 0 Å². The molecule has 0 radical (unpaired) electrons. The van der Waals surface area contributed by atoms with Gasteiger partial charge in [0.05, 0.1) is 5.70 Å². The maximum atomic E-state index is 12.8. The number of hydrogen-bond acceptors (Lipinski definition) is 3. The summed E-state index contributed by atoms with van der Waals surface area (Å²) in [7, 11) is -3.81. The van der Waals surface area contributed by atoms with Crippen LogP contribution in [0.3, 0.4) is 0 Å². The van der Waals surface area contributed by atoms with Crippen molar-refractivity contribution in [2.24, 2.45) is 0 Å². The van der Waals surface area contributed by atoms with E-state index in [2.05, 4.69) is 9.71 Å². The van der Waals surface area contributed by atoms with Crippen LogP contribution in [-0.4, -0.2) is 13.4 Å². The Balaban J connectivity index is 2.00. The van der Waals surface area contributed by atoms with Gasteiger partial charge in [0.1, 0.15) is 0 Å². The number of pyridine rings is 1. The van der Waals surface area contributed by atoms with Crippen LogP contribution in [0, 0.1) is 0 Å². The van der Waals surface area contributed by atoms with Gasteiger partial charge in [0.25, 0.3) is 10.0 Å². The molecule has 1 aromatic heterocycles. The standard InChI is InChI=1S/C21H19ClN2O2S/c1-16(17-7-3-2-4-8-17)15-20(18-10-12-19(22)13-11-18)24-27(25,26)21-9-5-6-14-23-21/h2-16,24H,1H3/b20-15-/t16-/m1/s1. The van der Waals surface area contributed by atoms with Gasteiger partial charge >= 0.3 is 0 Å². The molecule has 138 valence electrons. The highest BCUT2D eigenvalue weighted by atomic mass is 35.5. The van der Waals surface area contributed by atoms with Crippen LogP contribution in [0.5, 0.6) is 0 Å². The lowest BCUT2D eigenvalue weighted by molar-refractivity contribution is 0.587. The molecule has 0 aliphatic rings. The monoisotopic (exact) mass is 398 g/mol. The maximum absolute atomic E-state index is 12.8. The second kappa shape index (κ2) is 8.37. The fourth-order valence-electron chi connectivity index (χ4n) is 2.62. The summed E-state index contributed by atoms with van der Waals surface area (Å²) in [5.74, 6) is 0.00307. The van der Waals surface area contributed by atoms with Crippen LogP contribution in [0.1, 0.15) is 24.0 Å². The minimum Gasteiger partial charge on any atom is -0.278 e. The lowest BCUT2D eigenvalue weighted by atomic mass is 9.98.